The molecule has 0 atom stereocenters. The number of allylic oxidation sites excluding steroid dienone is 6. The molecule has 0 unspecified atom stereocenters. The van der Waals surface area contributed by atoms with E-state index in [4.69, 9.17) is 0 Å². The minimum Gasteiger partial charge on any atom is -0.0877 e. The highest BCUT2D eigenvalue weighted by Gasteiger charge is 1.98. The van der Waals surface area contributed by atoms with Crippen LogP contribution in [0.1, 0.15) is 32.6 Å². The Kier molecular flexibility index (Phi) is 3.74. The van der Waals surface area contributed by atoms with E-state index < -0.39 is 0 Å². The van der Waals surface area contributed by atoms with Crippen molar-refractivity contribution >= 4 is 0 Å². The molecule has 0 nitrogen and oxygen atoms in total. The van der Waals surface area contributed by atoms with E-state index in [9.17, 15) is 0 Å². The lowest BCUT2D eigenvalue weighted by Crippen LogP contribution is -1.87. The van der Waals surface area contributed by atoms with Crippen molar-refractivity contribution in [3.8, 4) is 0 Å². The average molecular weight is 148 g/mol. The fourth-order valence-corrected chi connectivity index (χ4v) is 1.30. The minimum atomic E-state index is 1.27. The molecule has 11 heavy (non-hydrogen) atoms. The highest BCUT2D eigenvalue weighted by Crippen LogP contribution is 2.17. The van der Waals surface area contributed by atoms with Gasteiger partial charge in [0.2, 0.25) is 0 Å². The van der Waals surface area contributed by atoms with Gasteiger partial charge in [-0.25, -0.2) is 0 Å². The molecule has 0 aromatic heterocycles. The Morgan fingerprint density at radius 1 is 1.27 bits per heavy atom. The van der Waals surface area contributed by atoms with Crippen molar-refractivity contribution in [1.29, 1.82) is 0 Å². The number of hydrogen-bond acceptors (Lipinski definition) is 0. The van der Waals surface area contributed by atoms with Crippen molar-refractivity contribution < 1.29 is 0 Å². The van der Waals surface area contributed by atoms with E-state index in [1.54, 1.807) is 0 Å². The zero-order chi connectivity index (χ0) is 7.94. The van der Waals surface area contributed by atoms with Crippen LogP contribution in [0.25, 0.3) is 0 Å². The van der Waals surface area contributed by atoms with E-state index in [0.717, 1.165) is 0 Å². The van der Waals surface area contributed by atoms with Crippen LogP contribution in [-0.4, -0.2) is 0 Å². The van der Waals surface area contributed by atoms with Crippen LogP contribution in [0.5, 0.6) is 0 Å². The summed E-state index contributed by atoms with van der Waals surface area (Å²) >= 11 is 0. The zero-order valence-electron chi connectivity index (χ0n) is 7.22. The molecule has 0 fully saturated rings. The van der Waals surface area contributed by atoms with Crippen molar-refractivity contribution in [2.75, 3.05) is 0 Å². The first-order valence-electron chi connectivity index (χ1n) is 4.42. The van der Waals surface area contributed by atoms with Gasteiger partial charge in [-0.3, -0.25) is 0 Å². The van der Waals surface area contributed by atoms with E-state index in [1.807, 2.05) is 6.92 Å². The molecule has 0 heterocycles. The van der Waals surface area contributed by atoms with Gasteiger partial charge in [0, 0.05) is 0 Å². The maximum Gasteiger partial charge on any atom is -0.0282 e. The summed E-state index contributed by atoms with van der Waals surface area (Å²) in [4.78, 5) is 0. The van der Waals surface area contributed by atoms with Crippen LogP contribution in [-0.2, 0) is 0 Å². The van der Waals surface area contributed by atoms with Crippen molar-refractivity contribution in [3.05, 3.63) is 36.0 Å². The third-order valence-electron chi connectivity index (χ3n) is 1.94. The van der Waals surface area contributed by atoms with Gasteiger partial charge in [0.15, 0.2) is 0 Å². The van der Waals surface area contributed by atoms with Gasteiger partial charge >= 0.3 is 0 Å². The second-order valence-corrected chi connectivity index (χ2v) is 2.91. The summed E-state index contributed by atoms with van der Waals surface area (Å²) in [5.41, 5.74) is 1.51. The molecule has 0 aromatic rings. The molecule has 1 rings (SSSR count). The first kappa shape index (κ1) is 8.32. The van der Waals surface area contributed by atoms with Gasteiger partial charge in [0.1, 0.15) is 0 Å². The summed E-state index contributed by atoms with van der Waals surface area (Å²) in [6, 6.07) is 0. The van der Waals surface area contributed by atoms with Gasteiger partial charge in [0.25, 0.3) is 0 Å². The lowest BCUT2D eigenvalue weighted by molar-refractivity contribution is 0.712. The van der Waals surface area contributed by atoms with Crippen molar-refractivity contribution in [1.82, 2.24) is 0 Å². The van der Waals surface area contributed by atoms with Crippen LogP contribution < -0.4 is 0 Å². The lowest BCUT2D eigenvalue weighted by atomic mass is 9.99. The van der Waals surface area contributed by atoms with E-state index >= 15 is 0 Å². The Labute approximate surface area is 69.3 Å². The standard InChI is InChI=1S/C11H16/c1-2-3-5-8-11-9-6-4-7-10-11/h2-3,5,8-9H,4,6-7,10H2,1H3. The highest BCUT2D eigenvalue weighted by molar-refractivity contribution is 5.23. The predicted molar refractivity (Wildman–Crippen MR) is 50.5 cm³/mol. The number of rotatable bonds is 2. The first-order chi connectivity index (χ1) is 5.43. The minimum absolute atomic E-state index is 1.27. The van der Waals surface area contributed by atoms with Crippen LogP contribution in [0.3, 0.4) is 0 Å². The molecule has 0 aromatic carbocycles. The molecule has 0 radical (unpaired) electrons. The predicted octanol–water partition coefficient (Wildman–Crippen LogP) is 3.62. The fraction of sp³-hybridized carbons (Fsp3) is 0.455. The van der Waals surface area contributed by atoms with Crippen LogP contribution in [0, 0.1) is 0 Å². The fourth-order valence-electron chi connectivity index (χ4n) is 1.30. The Hall–Kier alpha value is -0.780. The van der Waals surface area contributed by atoms with Crippen LogP contribution in [0.4, 0.5) is 0 Å². The molecule has 0 saturated heterocycles. The van der Waals surface area contributed by atoms with E-state index in [1.165, 1.54) is 31.3 Å². The molecule has 0 saturated carbocycles. The largest absolute Gasteiger partial charge is 0.0877 e. The van der Waals surface area contributed by atoms with Gasteiger partial charge in [-0.2, -0.15) is 0 Å². The summed E-state index contributed by atoms with van der Waals surface area (Å²) in [5, 5.41) is 0. The van der Waals surface area contributed by atoms with Gasteiger partial charge < -0.3 is 0 Å². The zero-order valence-corrected chi connectivity index (χ0v) is 7.22. The Bertz CT molecular complexity index is 182. The smallest absolute Gasteiger partial charge is 0.0282 e. The summed E-state index contributed by atoms with van der Waals surface area (Å²) in [7, 11) is 0. The molecule has 0 bridgehead atoms. The Morgan fingerprint density at radius 2 is 2.18 bits per heavy atom. The quantitative estimate of drug-likeness (QED) is 0.525. The molecule has 1 aliphatic carbocycles. The molecule has 0 spiro atoms. The second kappa shape index (κ2) is 4.95. The topological polar surface area (TPSA) is 0 Å². The Balaban J connectivity index is 2.40. The third-order valence-corrected chi connectivity index (χ3v) is 1.94. The van der Waals surface area contributed by atoms with Gasteiger partial charge in [-0.15, -0.1) is 0 Å². The molecule has 0 aliphatic heterocycles. The summed E-state index contributed by atoms with van der Waals surface area (Å²) in [5.74, 6) is 0. The molecule has 1 aliphatic rings. The molecule has 0 amide bonds. The third kappa shape index (κ3) is 3.22. The van der Waals surface area contributed by atoms with E-state index in [-0.39, 0.29) is 0 Å². The van der Waals surface area contributed by atoms with Crippen molar-refractivity contribution in [2.24, 2.45) is 0 Å². The Morgan fingerprint density at radius 3 is 2.82 bits per heavy atom. The normalized spacial score (nSPS) is 19.5. The molecule has 0 N–H and O–H groups in total. The van der Waals surface area contributed by atoms with Crippen LogP contribution in [0.15, 0.2) is 36.0 Å². The first-order valence-corrected chi connectivity index (χ1v) is 4.42. The van der Waals surface area contributed by atoms with E-state index in [2.05, 4.69) is 30.4 Å². The van der Waals surface area contributed by atoms with Crippen LogP contribution >= 0.6 is 0 Å². The summed E-state index contributed by atoms with van der Waals surface area (Å²) in [6.45, 7) is 2.04. The number of hydrogen-bond donors (Lipinski definition) is 0. The van der Waals surface area contributed by atoms with Gasteiger partial charge in [-0.1, -0.05) is 36.0 Å². The highest BCUT2D eigenvalue weighted by atomic mass is 14.0. The van der Waals surface area contributed by atoms with Crippen molar-refractivity contribution in [2.45, 2.75) is 32.6 Å². The average Bonchev–Trinajstić information content (AvgIpc) is 2.07. The van der Waals surface area contributed by atoms with Gasteiger partial charge in [-0.05, 0) is 32.6 Å². The summed E-state index contributed by atoms with van der Waals surface area (Å²) in [6.07, 6.45) is 16.1. The van der Waals surface area contributed by atoms with Gasteiger partial charge in [0.05, 0.1) is 0 Å². The molecular weight excluding hydrogens is 132 g/mol. The monoisotopic (exact) mass is 148 g/mol. The maximum atomic E-state index is 2.35. The maximum absolute atomic E-state index is 2.35. The molecule has 0 heteroatoms. The molecule has 60 valence electrons. The van der Waals surface area contributed by atoms with Crippen LogP contribution in [0.2, 0.25) is 0 Å². The summed E-state index contributed by atoms with van der Waals surface area (Å²) < 4.78 is 0. The lowest BCUT2D eigenvalue weighted by Gasteiger charge is -2.07. The second-order valence-electron chi connectivity index (χ2n) is 2.91. The molecular formula is C11H16. The van der Waals surface area contributed by atoms with E-state index in [0.29, 0.717) is 0 Å². The van der Waals surface area contributed by atoms with Crippen molar-refractivity contribution in [3.63, 3.8) is 0 Å². The SMILES string of the molecule is CC=CC=CC1=CCCCC1.